The van der Waals surface area contributed by atoms with Crippen LogP contribution in [0.3, 0.4) is 0 Å². The number of ether oxygens (including phenoxy) is 5. The molecule has 2 heterocycles. The molecule has 8 heteroatoms. The van der Waals surface area contributed by atoms with Crippen molar-refractivity contribution in [1.82, 2.24) is 0 Å². The molecular formula is C25H20F2O6. The molecule has 2 fully saturated rings. The van der Waals surface area contributed by atoms with E-state index < -0.39 is 17.6 Å². The molecule has 0 spiro atoms. The molecule has 0 aliphatic carbocycles. The predicted octanol–water partition coefficient (Wildman–Crippen LogP) is 4.41. The number of hydrogen-bond donors (Lipinski definition) is 0. The minimum atomic E-state index is -0.730. The van der Waals surface area contributed by atoms with Crippen molar-refractivity contribution >= 4 is 5.97 Å². The van der Waals surface area contributed by atoms with Crippen LogP contribution in [0.4, 0.5) is 8.78 Å². The van der Waals surface area contributed by atoms with E-state index in [1.807, 2.05) is 0 Å². The average Bonchev–Trinajstić information content (AvgIpc) is 3.73. The number of halogens is 2. The first-order valence-electron chi connectivity index (χ1n) is 10.5. The van der Waals surface area contributed by atoms with E-state index in [4.69, 9.17) is 23.7 Å². The van der Waals surface area contributed by atoms with Crippen LogP contribution < -0.4 is 14.2 Å². The predicted molar refractivity (Wildman–Crippen MR) is 114 cm³/mol. The Morgan fingerprint density at radius 3 is 1.94 bits per heavy atom. The van der Waals surface area contributed by atoms with Crippen molar-refractivity contribution in [3.05, 3.63) is 77.9 Å². The summed E-state index contributed by atoms with van der Waals surface area (Å²) in [5.74, 6) is -1.36. The average molecular weight is 454 g/mol. The molecule has 3 aromatic carbocycles. The molecular weight excluding hydrogens is 434 g/mol. The van der Waals surface area contributed by atoms with E-state index in [1.165, 1.54) is 30.3 Å². The summed E-state index contributed by atoms with van der Waals surface area (Å²) in [6.07, 6.45) is 0.137. The summed E-state index contributed by atoms with van der Waals surface area (Å²) in [5, 5.41) is 0. The Balaban J connectivity index is 1.22. The maximum Gasteiger partial charge on any atom is 0.343 e. The van der Waals surface area contributed by atoms with Gasteiger partial charge in [0.25, 0.3) is 0 Å². The van der Waals surface area contributed by atoms with Crippen LogP contribution in [-0.2, 0) is 9.47 Å². The molecule has 0 amide bonds. The van der Waals surface area contributed by atoms with E-state index in [9.17, 15) is 13.6 Å². The minimum Gasteiger partial charge on any atom is -0.491 e. The highest BCUT2D eigenvalue weighted by Crippen LogP contribution is 2.28. The Labute approximate surface area is 188 Å². The molecule has 0 N–H and O–H groups in total. The third-order valence-corrected chi connectivity index (χ3v) is 5.15. The van der Waals surface area contributed by atoms with Crippen molar-refractivity contribution in [3.8, 4) is 28.4 Å². The van der Waals surface area contributed by atoms with Gasteiger partial charge in [-0.05, 0) is 42.0 Å². The summed E-state index contributed by atoms with van der Waals surface area (Å²) in [4.78, 5) is 12.4. The lowest BCUT2D eigenvalue weighted by atomic mass is 10.0. The van der Waals surface area contributed by atoms with Gasteiger partial charge in [-0.3, -0.25) is 0 Å². The van der Waals surface area contributed by atoms with Crippen LogP contribution >= 0.6 is 0 Å². The van der Waals surface area contributed by atoms with Gasteiger partial charge in [0.1, 0.15) is 42.7 Å². The van der Waals surface area contributed by atoms with Crippen LogP contribution in [0.2, 0.25) is 0 Å². The van der Waals surface area contributed by atoms with Crippen LogP contribution in [0.5, 0.6) is 17.2 Å². The second-order valence-corrected chi connectivity index (χ2v) is 7.73. The third kappa shape index (κ3) is 5.47. The van der Waals surface area contributed by atoms with Crippen molar-refractivity contribution in [2.75, 3.05) is 26.4 Å². The summed E-state index contributed by atoms with van der Waals surface area (Å²) in [5.41, 5.74) is 1.14. The lowest BCUT2D eigenvalue weighted by Crippen LogP contribution is -2.10. The van der Waals surface area contributed by atoms with E-state index >= 15 is 0 Å². The van der Waals surface area contributed by atoms with Crippen molar-refractivity contribution in [3.63, 3.8) is 0 Å². The van der Waals surface area contributed by atoms with Gasteiger partial charge in [-0.15, -0.1) is 0 Å². The van der Waals surface area contributed by atoms with Gasteiger partial charge in [-0.25, -0.2) is 13.6 Å². The third-order valence-electron chi connectivity index (χ3n) is 5.15. The Morgan fingerprint density at radius 1 is 0.818 bits per heavy atom. The molecule has 3 aromatic rings. The Hall–Kier alpha value is -3.49. The first-order valence-corrected chi connectivity index (χ1v) is 10.5. The highest BCUT2D eigenvalue weighted by molar-refractivity contribution is 5.91. The van der Waals surface area contributed by atoms with Gasteiger partial charge < -0.3 is 23.7 Å². The number of esters is 1. The molecule has 33 heavy (non-hydrogen) atoms. The summed E-state index contributed by atoms with van der Waals surface area (Å²) in [6, 6.07) is 14.8. The van der Waals surface area contributed by atoms with Gasteiger partial charge in [0.15, 0.2) is 11.6 Å². The number of carbonyl (C=O) groups is 1. The van der Waals surface area contributed by atoms with Gasteiger partial charge in [-0.1, -0.05) is 12.1 Å². The zero-order valence-corrected chi connectivity index (χ0v) is 17.5. The lowest BCUT2D eigenvalue weighted by Gasteiger charge is -2.10. The van der Waals surface area contributed by atoms with Crippen molar-refractivity contribution < 1.29 is 37.3 Å². The van der Waals surface area contributed by atoms with Crippen LogP contribution in [-0.4, -0.2) is 44.6 Å². The summed E-state index contributed by atoms with van der Waals surface area (Å²) < 4.78 is 55.0. The number of rotatable bonds is 9. The fraction of sp³-hybridized carbons (Fsp3) is 0.240. The van der Waals surface area contributed by atoms with Crippen molar-refractivity contribution in [2.45, 2.75) is 12.2 Å². The van der Waals surface area contributed by atoms with Gasteiger partial charge in [0.05, 0.1) is 18.8 Å². The molecule has 2 atom stereocenters. The largest absolute Gasteiger partial charge is 0.491 e. The highest BCUT2D eigenvalue weighted by atomic mass is 19.1. The number of benzene rings is 3. The molecule has 6 nitrogen and oxygen atoms in total. The van der Waals surface area contributed by atoms with E-state index in [0.29, 0.717) is 49.1 Å². The quantitative estimate of drug-likeness (QED) is 0.271. The van der Waals surface area contributed by atoms with Gasteiger partial charge in [0, 0.05) is 17.7 Å². The van der Waals surface area contributed by atoms with Crippen LogP contribution in [0, 0.1) is 11.6 Å². The monoisotopic (exact) mass is 454 g/mol. The van der Waals surface area contributed by atoms with E-state index in [0.717, 1.165) is 6.07 Å². The van der Waals surface area contributed by atoms with Crippen LogP contribution in [0.25, 0.3) is 11.1 Å². The molecule has 170 valence electrons. The maximum atomic E-state index is 14.5. The zero-order chi connectivity index (χ0) is 22.8. The van der Waals surface area contributed by atoms with Crippen LogP contribution in [0.15, 0.2) is 60.7 Å². The number of hydrogen-bond acceptors (Lipinski definition) is 6. The Bertz CT molecular complexity index is 1160. The maximum absolute atomic E-state index is 14.5. The first-order chi connectivity index (χ1) is 16.0. The topological polar surface area (TPSA) is 69.8 Å². The fourth-order valence-electron chi connectivity index (χ4n) is 3.13. The van der Waals surface area contributed by atoms with Crippen molar-refractivity contribution in [2.24, 2.45) is 0 Å². The minimum absolute atomic E-state index is 0.0516. The molecule has 2 aliphatic heterocycles. The molecule has 2 saturated heterocycles. The zero-order valence-electron chi connectivity index (χ0n) is 17.5. The van der Waals surface area contributed by atoms with Crippen molar-refractivity contribution in [1.29, 1.82) is 0 Å². The normalized spacial score (nSPS) is 18.5. The number of epoxide rings is 2. The summed E-state index contributed by atoms with van der Waals surface area (Å²) >= 11 is 0. The Kier molecular flexibility index (Phi) is 5.93. The van der Waals surface area contributed by atoms with E-state index in [1.54, 1.807) is 24.3 Å². The Morgan fingerprint density at radius 2 is 1.39 bits per heavy atom. The molecule has 0 bridgehead atoms. The van der Waals surface area contributed by atoms with Gasteiger partial charge in [-0.2, -0.15) is 0 Å². The lowest BCUT2D eigenvalue weighted by molar-refractivity contribution is 0.0727. The standard InChI is InChI=1S/C25H20F2O6/c26-22-9-17(29-11-19-13-31-19)5-7-21(22)15-1-3-16(4-2-15)25(28)33-24-8-6-18(10-23(24)27)30-12-20-14-32-20/h1-10,19-20H,11-14H2. The van der Waals surface area contributed by atoms with Gasteiger partial charge >= 0.3 is 5.97 Å². The molecule has 0 radical (unpaired) electrons. The van der Waals surface area contributed by atoms with Gasteiger partial charge in [0.2, 0.25) is 0 Å². The molecule has 0 saturated carbocycles. The van der Waals surface area contributed by atoms with Crippen LogP contribution in [0.1, 0.15) is 10.4 Å². The van der Waals surface area contributed by atoms with E-state index in [2.05, 4.69) is 0 Å². The van der Waals surface area contributed by atoms with E-state index in [-0.39, 0.29) is 23.5 Å². The molecule has 5 rings (SSSR count). The second kappa shape index (κ2) is 9.17. The summed E-state index contributed by atoms with van der Waals surface area (Å²) in [7, 11) is 0. The second-order valence-electron chi connectivity index (χ2n) is 7.73. The SMILES string of the molecule is O=C(Oc1ccc(OCC2CO2)cc1F)c1ccc(-c2ccc(OCC3CO3)cc2F)cc1. The number of carbonyl (C=O) groups excluding carboxylic acids is 1. The first kappa shape index (κ1) is 21.4. The molecule has 2 aliphatic rings. The fourth-order valence-corrected chi connectivity index (χ4v) is 3.13. The molecule has 0 aromatic heterocycles. The highest BCUT2D eigenvalue weighted by Gasteiger charge is 2.24. The smallest absolute Gasteiger partial charge is 0.343 e. The summed E-state index contributed by atoms with van der Waals surface area (Å²) in [6.45, 7) is 2.04. The molecule has 2 unspecified atom stereocenters.